The molecule has 0 heterocycles. The van der Waals surface area contributed by atoms with Crippen LogP contribution < -0.4 is 0 Å². The second kappa shape index (κ2) is 21.4. The van der Waals surface area contributed by atoms with E-state index in [4.69, 9.17) is 9.16 Å². The number of esters is 1. The Morgan fingerprint density at radius 1 is 0.744 bits per heavy atom. The molecule has 0 N–H and O–H groups in total. The minimum absolute atomic E-state index is 0.0107. The fourth-order valence-corrected chi connectivity index (χ4v) is 32.6. The molecule has 0 aliphatic heterocycles. The first-order valence-electron chi connectivity index (χ1n) is 18.0. The summed E-state index contributed by atoms with van der Waals surface area (Å²) in [4.78, 5) is 14.1. The molecule has 3 nitrogen and oxygen atoms in total. The molecule has 0 amide bonds. The Morgan fingerprint density at radius 2 is 1.23 bits per heavy atom. The molecule has 0 aliphatic rings. The van der Waals surface area contributed by atoms with Gasteiger partial charge in [0.25, 0.3) is 0 Å². The summed E-state index contributed by atoms with van der Waals surface area (Å²) < 4.78 is 30.7. The maximum atomic E-state index is 14.1. The number of unbranched alkanes of at least 4 members (excludes halogenated alkanes) is 5. The number of ether oxygens (including phenoxy) is 1. The molecule has 0 aliphatic carbocycles. The molecule has 2 atom stereocenters. The van der Waals surface area contributed by atoms with E-state index in [-0.39, 0.29) is 21.6 Å². The molecule has 6 heteroatoms. The van der Waals surface area contributed by atoms with E-state index in [9.17, 15) is 9.18 Å². The zero-order valence-corrected chi connectivity index (χ0v) is 33.8. The Labute approximate surface area is 271 Å². The minimum atomic E-state index is -3.08. The maximum absolute atomic E-state index is 14.1. The van der Waals surface area contributed by atoms with E-state index in [1.54, 1.807) is 12.1 Å². The fraction of sp³-hybridized carbons (Fsp3) is 0.811. The molecule has 0 fully saturated rings. The third-order valence-corrected chi connectivity index (χ3v) is 33.5. The average molecular weight is 728 g/mol. The number of benzene rings is 1. The van der Waals surface area contributed by atoms with Crippen molar-refractivity contribution in [3.05, 3.63) is 35.6 Å². The van der Waals surface area contributed by atoms with Gasteiger partial charge >= 0.3 is 273 Å². The Bertz CT molecular complexity index is 830. The van der Waals surface area contributed by atoms with Crippen LogP contribution in [-0.2, 0) is 14.0 Å². The predicted octanol–water partition coefficient (Wildman–Crippen LogP) is 12.4. The number of hydrogen-bond acceptors (Lipinski definition) is 3. The van der Waals surface area contributed by atoms with Gasteiger partial charge in [-0.2, -0.15) is 0 Å². The van der Waals surface area contributed by atoms with E-state index >= 15 is 0 Å². The Kier molecular flexibility index (Phi) is 20.2. The molecule has 0 saturated heterocycles. The van der Waals surface area contributed by atoms with Gasteiger partial charge in [-0.25, -0.2) is 0 Å². The summed E-state index contributed by atoms with van der Waals surface area (Å²) >= 11 is -3.08. The molecule has 0 bridgehead atoms. The van der Waals surface area contributed by atoms with Gasteiger partial charge < -0.3 is 0 Å². The molecule has 1 aromatic carbocycles. The molecule has 2 unspecified atom stereocenters. The van der Waals surface area contributed by atoms with Gasteiger partial charge in [0.15, 0.2) is 0 Å². The first kappa shape index (κ1) is 40.6. The van der Waals surface area contributed by atoms with Gasteiger partial charge in [-0.3, -0.25) is 0 Å². The predicted molar refractivity (Wildman–Crippen MR) is 190 cm³/mol. The van der Waals surface area contributed by atoms with Crippen LogP contribution in [0, 0.1) is 5.82 Å². The monoisotopic (exact) mass is 728 g/mol. The van der Waals surface area contributed by atoms with Gasteiger partial charge in [-0.15, -0.1) is 0 Å². The summed E-state index contributed by atoms with van der Waals surface area (Å²) in [5.74, 6) is -0.0589. The Morgan fingerprint density at radius 3 is 1.65 bits per heavy atom. The molecule has 1 rings (SSSR count). The van der Waals surface area contributed by atoms with Crippen molar-refractivity contribution in [3.63, 3.8) is 0 Å². The van der Waals surface area contributed by atoms with Crippen molar-refractivity contribution in [2.75, 3.05) is 13.2 Å². The first-order chi connectivity index (χ1) is 20.5. The number of halogens is 1. The van der Waals surface area contributed by atoms with Crippen molar-refractivity contribution in [2.45, 2.75) is 173 Å². The first-order valence-corrected chi connectivity index (χ1v) is 27.9. The summed E-state index contributed by atoms with van der Waals surface area (Å²) in [6.45, 7) is 24.1. The topological polar surface area (TPSA) is 35.5 Å². The quantitative estimate of drug-likeness (QED) is 0.0604. The van der Waals surface area contributed by atoms with Crippen LogP contribution in [0.3, 0.4) is 0 Å². The summed E-state index contributed by atoms with van der Waals surface area (Å²) in [6, 6.07) is 7.10. The molecular weight excluding hydrogens is 658 g/mol. The summed E-state index contributed by atoms with van der Waals surface area (Å²) in [5.41, 5.74) is 2.91. The fourth-order valence-electron chi connectivity index (χ4n) is 8.13. The van der Waals surface area contributed by atoms with Crippen LogP contribution in [0.5, 0.6) is 0 Å². The van der Waals surface area contributed by atoms with Crippen LogP contribution in [0.4, 0.5) is 4.39 Å². The standard InChI is InChI=1S/C25H42FO3Si.3C4H9.Sn/c1-8-28-25(27)18-23(22-13-15-24(26)16-14-22)12-10-9-11-17-29-30(19(2)3,20(4)5)21(6)7;3*1-3-4-2;/h13-16,18-21,23H,8-12,17H2,1-7H3;3*1,3-4H2,2H3;. The van der Waals surface area contributed by atoms with Gasteiger partial charge in [0, 0.05) is 0 Å². The van der Waals surface area contributed by atoms with Crippen LogP contribution in [0.1, 0.15) is 145 Å². The van der Waals surface area contributed by atoms with E-state index in [0.29, 0.717) is 23.2 Å². The van der Waals surface area contributed by atoms with Crippen molar-refractivity contribution >= 4 is 32.7 Å². The van der Waals surface area contributed by atoms with Crippen molar-refractivity contribution in [1.82, 2.24) is 0 Å². The second-order valence-corrected chi connectivity index (χ2v) is 33.4. The third-order valence-electron chi connectivity index (χ3n) is 10.2. The van der Waals surface area contributed by atoms with Gasteiger partial charge in [0.2, 0.25) is 0 Å². The molecular formula is C37H69FO3SiSn. The van der Waals surface area contributed by atoms with Crippen LogP contribution in [-0.4, -0.2) is 45.9 Å². The number of hydrogen-bond donors (Lipinski definition) is 0. The van der Waals surface area contributed by atoms with E-state index in [2.05, 4.69) is 62.3 Å². The normalized spacial score (nSPS) is 14.1. The second-order valence-electron chi connectivity index (χ2n) is 14.1. The Hall–Kier alpha value is -0.404. The summed E-state index contributed by atoms with van der Waals surface area (Å²) in [6.07, 6.45) is 11.3. The molecule has 1 aromatic rings. The van der Waals surface area contributed by atoms with Crippen molar-refractivity contribution in [2.24, 2.45) is 0 Å². The molecule has 43 heavy (non-hydrogen) atoms. The van der Waals surface area contributed by atoms with Crippen molar-refractivity contribution in [1.29, 1.82) is 0 Å². The van der Waals surface area contributed by atoms with Crippen LogP contribution in [0.2, 0.25) is 33.9 Å². The number of carbonyl (C=O) groups is 1. The van der Waals surface area contributed by atoms with E-state index in [0.717, 1.165) is 37.9 Å². The van der Waals surface area contributed by atoms with E-state index in [1.807, 2.05) is 19.1 Å². The zero-order valence-electron chi connectivity index (χ0n) is 29.9. The molecule has 250 valence electrons. The van der Waals surface area contributed by atoms with Crippen molar-refractivity contribution < 1.29 is 18.3 Å². The molecule has 0 radical (unpaired) electrons. The number of carbonyl (C=O) groups excluding carboxylic acids is 1. The van der Waals surface area contributed by atoms with E-state index < -0.39 is 26.7 Å². The van der Waals surface area contributed by atoms with Crippen LogP contribution >= 0.6 is 0 Å². The summed E-state index contributed by atoms with van der Waals surface area (Å²) in [7, 11) is -1.86. The van der Waals surface area contributed by atoms with Crippen LogP contribution in [0.15, 0.2) is 24.3 Å². The van der Waals surface area contributed by atoms with Crippen LogP contribution in [0.25, 0.3) is 0 Å². The molecule has 0 saturated carbocycles. The summed E-state index contributed by atoms with van der Waals surface area (Å²) in [5, 5.41) is 0. The average Bonchev–Trinajstić information content (AvgIpc) is 2.96. The zero-order chi connectivity index (χ0) is 32.5. The number of rotatable bonds is 24. The van der Waals surface area contributed by atoms with Crippen molar-refractivity contribution in [3.8, 4) is 0 Å². The van der Waals surface area contributed by atoms with Gasteiger partial charge in [-0.05, 0) is 0 Å². The van der Waals surface area contributed by atoms with Gasteiger partial charge in [-0.1, -0.05) is 0 Å². The van der Waals surface area contributed by atoms with E-state index in [1.165, 1.54) is 51.8 Å². The molecule has 0 aromatic heterocycles. The third kappa shape index (κ3) is 12.0. The SMILES string of the molecule is CCC[CH2][Sn]([CH2]CCC)([CH2]CCC)[CH](C(=O)OCC)C(CCCCCO[Si](C(C)C)(C(C)C)C(C)C)c1ccc(F)cc1. The molecule has 0 spiro atoms. The van der Waals surface area contributed by atoms with Gasteiger partial charge in [0.1, 0.15) is 0 Å². The Balaban J connectivity index is 3.37. The van der Waals surface area contributed by atoms with Gasteiger partial charge in [0.05, 0.1) is 0 Å².